The standard InChI is InChI=1S/C23H25Cl3O2/c1-22(2,3)19-10-15(24)6-13-8-17(28-21(13)19)11-23(4,5)18-9-16(25)7-14(12-27)20(18)26/h6-10,27H,11-12H2,1-5H3. The van der Waals surface area contributed by atoms with Crippen LogP contribution in [-0.2, 0) is 23.9 Å². The van der Waals surface area contributed by atoms with Crippen molar-refractivity contribution >= 4 is 45.8 Å². The fourth-order valence-electron chi connectivity index (χ4n) is 3.60. The number of hydrogen-bond acceptors (Lipinski definition) is 2. The van der Waals surface area contributed by atoms with Crippen LogP contribution in [0.15, 0.2) is 34.7 Å². The topological polar surface area (TPSA) is 33.4 Å². The van der Waals surface area contributed by atoms with Crippen LogP contribution in [0.5, 0.6) is 0 Å². The zero-order valence-corrected chi connectivity index (χ0v) is 19.1. The average Bonchev–Trinajstić information content (AvgIpc) is 2.95. The van der Waals surface area contributed by atoms with E-state index in [2.05, 4.69) is 34.6 Å². The summed E-state index contributed by atoms with van der Waals surface area (Å²) >= 11 is 19.1. The van der Waals surface area contributed by atoms with Gasteiger partial charge in [0.1, 0.15) is 11.3 Å². The molecule has 2 nitrogen and oxygen atoms in total. The fraction of sp³-hybridized carbons (Fsp3) is 0.391. The van der Waals surface area contributed by atoms with E-state index in [-0.39, 0.29) is 17.4 Å². The molecule has 0 bridgehead atoms. The molecule has 150 valence electrons. The Labute approximate surface area is 181 Å². The van der Waals surface area contributed by atoms with Gasteiger partial charge in [0.15, 0.2) is 0 Å². The summed E-state index contributed by atoms with van der Waals surface area (Å²) in [6, 6.07) is 9.51. The number of halogens is 3. The van der Waals surface area contributed by atoms with E-state index in [1.165, 1.54) is 0 Å². The molecular weight excluding hydrogens is 415 g/mol. The van der Waals surface area contributed by atoms with Gasteiger partial charge in [-0.15, -0.1) is 0 Å². The first-order chi connectivity index (χ1) is 12.9. The van der Waals surface area contributed by atoms with Gasteiger partial charge in [-0.25, -0.2) is 0 Å². The fourth-order valence-corrected chi connectivity index (χ4v) is 4.49. The van der Waals surface area contributed by atoms with E-state index in [9.17, 15) is 5.11 Å². The summed E-state index contributed by atoms with van der Waals surface area (Å²) in [5.41, 5.74) is 3.05. The van der Waals surface area contributed by atoms with Crippen molar-refractivity contribution in [2.75, 3.05) is 0 Å². The Balaban J connectivity index is 2.06. The number of aliphatic hydroxyl groups is 1. The van der Waals surface area contributed by atoms with Gasteiger partial charge in [-0.3, -0.25) is 0 Å². The van der Waals surface area contributed by atoms with Crippen LogP contribution in [0, 0.1) is 0 Å². The molecule has 0 amide bonds. The Bertz CT molecular complexity index is 1030. The molecule has 0 saturated heterocycles. The first-order valence-electron chi connectivity index (χ1n) is 9.24. The van der Waals surface area contributed by atoms with E-state index >= 15 is 0 Å². The molecule has 0 aliphatic carbocycles. The van der Waals surface area contributed by atoms with Crippen LogP contribution in [0.3, 0.4) is 0 Å². The third-order valence-corrected chi connectivity index (χ3v) is 5.95. The van der Waals surface area contributed by atoms with E-state index in [0.717, 1.165) is 27.9 Å². The lowest BCUT2D eigenvalue weighted by Gasteiger charge is -2.26. The maximum absolute atomic E-state index is 9.58. The second-order valence-corrected chi connectivity index (χ2v) is 10.2. The van der Waals surface area contributed by atoms with Crippen LogP contribution in [0.1, 0.15) is 57.1 Å². The Morgan fingerprint density at radius 2 is 1.46 bits per heavy atom. The predicted octanol–water partition coefficient (Wildman–Crippen LogP) is 7.70. The van der Waals surface area contributed by atoms with Crippen LogP contribution >= 0.6 is 34.8 Å². The number of hydrogen-bond donors (Lipinski definition) is 1. The van der Waals surface area contributed by atoms with Gasteiger partial charge in [-0.1, -0.05) is 69.4 Å². The lowest BCUT2D eigenvalue weighted by atomic mass is 9.80. The highest BCUT2D eigenvalue weighted by atomic mass is 35.5. The first kappa shape index (κ1) is 21.5. The minimum absolute atomic E-state index is 0.0833. The minimum atomic E-state index is -0.342. The van der Waals surface area contributed by atoms with Crippen LogP contribution < -0.4 is 0 Å². The molecule has 1 heterocycles. The summed E-state index contributed by atoms with van der Waals surface area (Å²) in [5.74, 6) is 0.856. The van der Waals surface area contributed by atoms with Crippen molar-refractivity contribution in [3.05, 3.63) is 67.9 Å². The molecule has 5 heteroatoms. The van der Waals surface area contributed by atoms with Crippen LogP contribution in [0.4, 0.5) is 0 Å². The molecule has 2 aromatic carbocycles. The highest BCUT2D eigenvalue weighted by molar-refractivity contribution is 6.34. The number of fused-ring (bicyclic) bond motifs is 1. The number of rotatable bonds is 4. The molecule has 0 aliphatic rings. The highest BCUT2D eigenvalue weighted by Gasteiger charge is 2.28. The van der Waals surface area contributed by atoms with Crippen molar-refractivity contribution in [1.82, 2.24) is 0 Å². The molecule has 1 N–H and O–H groups in total. The SMILES string of the molecule is CC(C)(C)c1cc(Cl)cc2cc(CC(C)(C)c3cc(Cl)cc(CO)c3Cl)oc12. The Kier molecular flexibility index (Phi) is 5.82. The average molecular weight is 440 g/mol. The van der Waals surface area contributed by atoms with Crippen molar-refractivity contribution in [1.29, 1.82) is 0 Å². The van der Waals surface area contributed by atoms with Crippen molar-refractivity contribution in [3.8, 4) is 0 Å². The second kappa shape index (κ2) is 7.57. The molecule has 1 aromatic heterocycles. The second-order valence-electron chi connectivity index (χ2n) is 8.98. The van der Waals surface area contributed by atoms with Gasteiger partial charge in [-0.05, 0) is 52.3 Å². The summed E-state index contributed by atoms with van der Waals surface area (Å²) in [6.45, 7) is 10.5. The number of benzene rings is 2. The van der Waals surface area contributed by atoms with E-state index < -0.39 is 0 Å². The van der Waals surface area contributed by atoms with Crippen molar-refractivity contribution in [3.63, 3.8) is 0 Å². The monoisotopic (exact) mass is 438 g/mol. The molecule has 0 fully saturated rings. The molecule has 0 atom stereocenters. The summed E-state index contributed by atoms with van der Waals surface area (Å²) in [6.07, 6.45) is 0.633. The molecule has 0 saturated carbocycles. The minimum Gasteiger partial charge on any atom is -0.461 e. The first-order valence-corrected chi connectivity index (χ1v) is 10.4. The third kappa shape index (κ3) is 4.21. The summed E-state index contributed by atoms with van der Waals surface area (Å²) < 4.78 is 6.28. The molecular formula is C23H25Cl3O2. The molecule has 0 radical (unpaired) electrons. The Morgan fingerprint density at radius 1 is 0.857 bits per heavy atom. The van der Waals surface area contributed by atoms with E-state index in [1.54, 1.807) is 6.07 Å². The van der Waals surface area contributed by atoms with Crippen molar-refractivity contribution in [2.45, 2.75) is 58.5 Å². The molecule has 0 aliphatic heterocycles. The quantitative estimate of drug-likeness (QED) is 0.451. The van der Waals surface area contributed by atoms with Gasteiger partial charge in [0.2, 0.25) is 0 Å². The van der Waals surface area contributed by atoms with Gasteiger partial charge < -0.3 is 9.52 Å². The largest absolute Gasteiger partial charge is 0.461 e. The highest BCUT2D eigenvalue weighted by Crippen LogP contribution is 2.40. The summed E-state index contributed by atoms with van der Waals surface area (Å²) in [4.78, 5) is 0. The maximum Gasteiger partial charge on any atom is 0.138 e. The van der Waals surface area contributed by atoms with Gasteiger partial charge in [0.05, 0.1) is 6.61 Å². The third-order valence-electron chi connectivity index (χ3n) is 5.07. The van der Waals surface area contributed by atoms with Crippen LogP contribution in [-0.4, -0.2) is 5.11 Å². The number of furan rings is 1. The van der Waals surface area contributed by atoms with Crippen LogP contribution in [0.25, 0.3) is 11.0 Å². The zero-order valence-electron chi connectivity index (χ0n) is 16.8. The smallest absolute Gasteiger partial charge is 0.138 e. The molecule has 3 rings (SSSR count). The summed E-state index contributed by atoms with van der Waals surface area (Å²) in [5, 5.41) is 12.4. The molecule has 3 aromatic rings. The van der Waals surface area contributed by atoms with E-state index in [1.807, 2.05) is 24.3 Å². The van der Waals surface area contributed by atoms with E-state index in [0.29, 0.717) is 27.1 Å². The Morgan fingerprint density at radius 3 is 2.07 bits per heavy atom. The van der Waals surface area contributed by atoms with Gasteiger partial charge in [0, 0.05) is 32.4 Å². The molecule has 28 heavy (non-hydrogen) atoms. The molecule has 0 spiro atoms. The normalized spacial score (nSPS) is 12.8. The molecule has 0 unspecified atom stereocenters. The maximum atomic E-state index is 9.58. The van der Waals surface area contributed by atoms with Gasteiger partial charge in [-0.2, -0.15) is 0 Å². The van der Waals surface area contributed by atoms with E-state index in [4.69, 9.17) is 39.2 Å². The number of aliphatic hydroxyl groups excluding tert-OH is 1. The Hall–Kier alpha value is -1.19. The van der Waals surface area contributed by atoms with Gasteiger partial charge in [0.25, 0.3) is 0 Å². The lowest BCUT2D eigenvalue weighted by molar-refractivity contribution is 0.281. The van der Waals surface area contributed by atoms with Gasteiger partial charge >= 0.3 is 0 Å². The lowest BCUT2D eigenvalue weighted by Crippen LogP contribution is -2.21. The predicted molar refractivity (Wildman–Crippen MR) is 119 cm³/mol. The zero-order chi connectivity index (χ0) is 20.9. The van der Waals surface area contributed by atoms with Crippen molar-refractivity contribution in [2.24, 2.45) is 0 Å². The van der Waals surface area contributed by atoms with Crippen LogP contribution in [0.2, 0.25) is 15.1 Å². The van der Waals surface area contributed by atoms with Crippen molar-refractivity contribution < 1.29 is 9.52 Å². The summed E-state index contributed by atoms with van der Waals surface area (Å²) in [7, 11) is 0.